The number of aromatic nitrogens is 2. The van der Waals surface area contributed by atoms with Gasteiger partial charge in [0.1, 0.15) is 0 Å². The van der Waals surface area contributed by atoms with Gasteiger partial charge in [0.05, 0.1) is 11.7 Å². The molecule has 0 unspecified atom stereocenters. The van der Waals surface area contributed by atoms with Gasteiger partial charge in [0.25, 0.3) is 0 Å². The van der Waals surface area contributed by atoms with E-state index in [9.17, 15) is 0 Å². The average Bonchev–Trinajstić information content (AvgIpc) is 2.82. The van der Waals surface area contributed by atoms with Crippen LogP contribution in [0.5, 0.6) is 0 Å². The molecule has 2 heterocycles. The predicted molar refractivity (Wildman–Crippen MR) is 88.9 cm³/mol. The van der Waals surface area contributed by atoms with E-state index in [0.29, 0.717) is 6.04 Å². The van der Waals surface area contributed by atoms with E-state index in [1.54, 1.807) is 0 Å². The fourth-order valence-corrected chi connectivity index (χ4v) is 3.32. The van der Waals surface area contributed by atoms with Crippen molar-refractivity contribution in [2.45, 2.75) is 45.7 Å². The molecule has 0 aromatic carbocycles. The summed E-state index contributed by atoms with van der Waals surface area (Å²) in [7, 11) is 0. The van der Waals surface area contributed by atoms with Crippen molar-refractivity contribution in [3.05, 3.63) is 18.0 Å². The van der Waals surface area contributed by atoms with E-state index < -0.39 is 0 Å². The Kier molecular flexibility index (Phi) is 7.00. The van der Waals surface area contributed by atoms with Crippen LogP contribution in [0.3, 0.4) is 0 Å². The molecule has 0 radical (unpaired) electrons. The van der Waals surface area contributed by atoms with Crippen molar-refractivity contribution < 1.29 is 0 Å². The molecule has 0 N–H and O–H groups in total. The summed E-state index contributed by atoms with van der Waals surface area (Å²) in [6.07, 6.45) is 5.66. The van der Waals surface area contributed by atoms with E-state index in [4.69, 9.17) is 16.7 Å². The smallest absolute Gasteiger partial charge is 0.0764 e. The van der Waals surface area contributed by atoms with Gasteiger partial charge in [-0.2, -0.15) is 5.10 Å². The topological polar surface area (TPSA) is 24.3 Å². The Morgan fingerprint density at radius 3 is 2.57 bits per heavy atom. The highest BCUT2D eigenvalue weighted by atomic mass is 35.5. The maximum Gasteiger partial charge on any atom is 0.0764 e. The second kappa shape index (κ2) is 8.76. The molecule has 0 atom stereocenters. The molecule has 1 fully saturated rings. The molecule has 0 spiro atoms. The third kappa shape index (κ3) is 4.97. The first kappa shape index (κ1) is 16.8. The minimum atomic E-state index is 0.544. The highest BCUT2D eigenvalue weighted by Gasteiger charge is 2.16. The van der Waals surface area contributed by atoms with Crippen LogP contribution in [0.15, 0.2) is 12.3 Å². The van der Waals surface area contributed by atoms with Gasteiger partial charge in [-0.05, 0) is 38.4 Å². The third-order valence-corrected chi connectivity index (χ3v) is 4.62. The van der Waals surface area contributed by atoms with Gasteiger partial charge in [0.15, 0.2) is 0 Å². The van der Waals surface area contributed by atoms with Crippen LogP contribution in [-0.4, -0.2) is 58.2 Å². The molecule has 0 amide bonds. The summed E-state index contributed by atoms with van der Waals surface area (Å²) >= 11 is 5.85. The van der Waals surface area contributed by atoms with Crippen LogP contribution in [0.4, 0.5) is 0 Å². The molecule has 1 aliphatic heterocycles. The lowest BCUT2D eigenvalue weighted by Crippen LogP contribution is -2.31. The summed E-state index contributed by atoms with van der Waals surface area (Å²) < 4.78 is 2.15. The second-order valence-corrected chi connectivity index (χ2v) is 6.30. The first-order chi connectivity index (χ1) is 10.3. The van der Waals surface area contributed by atoms with Crippen LogP contribution >= 0.6 is 11.6 Å². The van der Waals surface area contributed by atoms with E-state index in [0.717, 1.165) is 51.4 Å². The minimum absolute atomic E-state index is 0.544. The number of nitrogens with zero attached hydrogens (tertiary/aromatic N) is 4. The zero-order valence-electron chi connectivity index (χ0n) is 13.5. The van der Waals surface area contributed by atoms with Crippen LogP contribution in [0, 0.1) is 0 Å². The lowest BCUT2D eigenvalue weighted by Gasteiger charge is -2.20. The van der Waals surface area contributed by atoms with Crippen LogP contribution in [0.25, 0.3) is 0 Å². The third-order valence-electron chi connectivity index (χ3n) is 4.45. The van der Waals surface area contributed by atoms with Crippen molar-refractivity contribution in [3.63, 3.8) is 0 Å². The Balaban J connectivity index is 1.87. The summed E-state index contributed by atoms with van der Waals surface area (Å²) in [5, 5.41) is 4.77. The number of alkyl halides is 1. The molecule has 5 heteroatoms. The van der Waals surface area contributed by atoms with E-state index in [2.05, 4.69) is 40.6 Å². The number of halogens is 1. The van der Waals surface area contributed by atoms with Gasteiger partial charge in [0, 0.05) is 38.3 Å². The maximum atomic E-state index is 5.85. The Morgan fingerprint density at radius 1 is 1.14 bits per heavy atom. The van der Waals surface area contributed by atoms with Crippen molar-refractivity contribution in [1.82, 2.24) is 19.6 Å². The molecule has 0 bridgehead atoms. The second-order valence-electron chi connectivity index (χ2n) is 5.92. The van der Waals surface area contributed by atoms with Crippen molar-refractivity contribution >= 4 is 11.6 Å². The summed E-state index contributed by atoms with van der Waals surface area (Å²) in [5.41, 5.74) is 1.20. The predicted octanol–water partition coefficient (Wildman–Crippen LogP) is 2.99. The van der Waals surface area contributed by atoms with Gasteiger partial charge >= 0.3 is 0 Å². The molecule has 1 aromatic heterocycles. The molecule has 120 valence electrons. The molecule has 1 saturated heterocycles. The Morgan fingerprint density at radius 2 is 1.86 bits per heavy atom. The van der Waals surface area contributed by atoms with E-state index in [1.807, 2.05) is 0 Å². The molecular formula is C16H29ClN4. The van der Waals surface area contributed by atoms with Gasteiger partial charge in [-0.15, -0.1) is 11.6 Å². The summed E-state index contributed by atoms with van der Waals surface area (Å²) in [5.74, 6) is 0.736. The van der Waals surface area contributed by atoms with Gasteiger partial charge in [0.2, 0.25) is 0 Å². The first-order valence-electron chi connectivity index (χ1n) is 8.31. The molecule has 1 aromatic rings. The van der Waals surface area contributed by atoms with Gasteiger partial charge in [-0.1, -0.05) is 13.8 Å². The normalized spacial score (nSPS) is 18.3. The SMILES string of the molecule is CCC(CC)n1ccc(CN2CCCN(CCCl)CC2)n1. The number of rotatable bonds is 7. The van der Waals surface area contributed by atoms with Crippen molar-refractivity contribution in [2.24, 2.45) is 0 Å². The zero-order valence-corrected chi connectivity index (χ0v) is 14.2. The van der Waals surface area contributed by atoms with E-state index in [1.165, 1.54) is 18.7 Å². The van der Waals surface area contributed by atoms with Crippen LogP contribution in [0.1, 0.15) is 44.8 Å². The Bertz CT molecular complexity index is 403. The highest BCUT2D eigenvalue weighted by Crippen LogP contribution is 2.15. The highest BCUT2D eigenvalue weighted by molar-refractivity contribution is 6.18. The van der Waals surface area contributed by atoms with Gasteiger partial charge in [-0.25, -0.2) is 0 Å². The molecule has 0 saturated carbocycles. The molecule has 2 rings (SSSR count). The number of hydrogen-bond acceptors (Lipinski definition) is 3. The fourth-order valence-electron chi connectivity index (χ4n) is 3.08. The van der Waals surface area contributed by atoms with Crippen LogP contribution in [-0.2, 0) is 6.54 Å². The maximum absolute atomic E-state index is 5.85. The first-order valence-corrected chi connectivity index (χ1v) is 8.85. The summed E-state index contributed by atoms with van der Waals surface area (Å²) in [6.45, 7) is 11.0. The standard InChI is InChI=1S/C16H29ClN4/c1-3-16(4-2)21-10-6-15(18-21)14-20-9-5-8-19(11-7-17)12-13-20/h6,10,16H,3-5,7-9,11-14H2,1-2H3. The molecule has 0 aliphatic carbocycles. The molecule has 21 heavy (non-hydrogen) atoms. The van der Waals surface area contributed by atoms with Crippen molar-refractivity contribution in [3.8, 4) is 0 Å². The van der Waals surface area contributed by atoms with E-state index >= 15 is 0 Å². The molecule has 1 aliphatic rings. The Labute approximate surface area is 134 Å². The van der Waals surface area contributed by atoms with Crippen molar-refractivity contribution in [1.29, 1.82) is 0 Å². The number of hydrogen-bond donors (Lipinski definition) is 0. The fraction of sp³-hybridized carbons (Fsp3) is 0.812. The quantitative estimate of drug-likeness (QED) is 0.723. The largest absolute Gasteiger partial charge is 0.301 e. The lowest BCUT2D eigenvalue weighted by molar-refractivity contribution is 0.254. The van der Waals surface area contributed by atoms with Crippen molar-refractivity contribution in [2.75, 3.05) is 38.6 Å². The Hall–Kier alpha value is -0.580. The molecule has 4 nitrogen and oxygen atoms in total. The monoisotopic (exact) mass is 312 g/mol. The van der Waals surface area contributed by atoms with Gasteiger partial charge in [-0.3, -0.25) is 9.58 Å². The van der Waals surface area contributed by atoms with E-state index in [-0.39, 0.29) is 0 Å². The minimum Gasteiger partial charge on any atom is -0.301 e. The summed E-state index contributed by atoms with van der Waals surface area (Å²) in [6, 6.07) is 2.72. The zero-order chi connectivity index (χ0) is 15.1. The van der Waals surface area contributed by atoms with Crippen LogP contribution < -0.4 is 0 Å². The lowest BCUT2D eigenvalue weighted by atomic mass is 10.2. The average molecular weight is 313 g/mol. The van der Waals surface area contributed by atoms with Crippen LogP contribution in [0.2, 0.25) is 0 Å². The summed E-state index contributed by atoms with van der Waals surface area (Å²) in [4.78, 5) is 4.99. The molecular weight excluding hydrogens is 284 g/mol. The van der Waals surface area contributed by atoms with Gasteiger partial charge < -0.3 is 4.90 Å².